The van der Waals surface area contributed by atoms with Crippen molar-refractivity contribution in [3.63, 3.8) is 0 Å². The highest BCUT2D eigenvalue weighted by Gasteiger charge is 2.23. The molecule has 0 aliphatic carbocycles. The Balaban J connectivity index is 1.20. The number of para-hydroxylation sites is 2. The third-order valence-electron chi connectivity index (χ3n) is 10.9. The molecule has 0 unspecified atom stereocenters. The van der Waals surface area contributed by atoms with Gasteiger partial charge in [0.1, 0.15) is 11.2 Å². The standard InChI is InChI=1S/C52H33NOS/c1-2-15-34(16-3-1)38-24-11-17-35-18-12-26-41(50(35)38)40-21-4-7-27-44(40)53(45-28-14-32-49-52(45)43-23-6-9-31-48(43)55-49)37-20-10-19-36(33-37)39-25-13-30-47-51(39)42-22-5-8-29-46(42)54-47/h1-33H. The fraction of sp³-hybridized carbons (Fsp3) is 0. The fourth-order valence-corrected chi connectivity index (χ4v) is 9.62. The SMILES string of the molecule is c1ccc(-c2cccc3cccc(-c4ccccc4N(c4cccc(-c5cccc6oc7ccccc7c56)c4)c4cccc5sc6ccccc6c45)c23)cc1. The topological polar surface area (TPSA) is 16.4 Å². The average Bonchev–Trinajstić information content (AvgIpc) is 3.83. The lowest BCUT2D eigenvalue weighted by atomic mass is 9.90. The normalized spacial score (nSPS) is 11.6. The van der Waals surface area contributed by atoms with Crippen molar-refractivity contribution >= 4 is 81.3 Å². The number of hydrogen-bond acceptors (Lipinski definition) is 3. The van der Waals surface area contributed by atoms with Gasteiger partial charge in [0.05, 0.1) is 11.4 Å². The summed E-state index contributed by atoms with van der Waals surface area (Å²) >= 11 is 1.85. The Kier molecular flexibility index (Phi) is 7.39. The monoisotopic (exact) mass is 719 g/mol. The minimum absolute atomic E-state index is 0.894. The lowest BCUT2D eigenvalue weighted by Gasteiger charge is -2.29. The summed E-state index contributed by atoms with van der Waals surface area (Å²) in [6.45, 7) is 0. The molecule has 11 aromatic rings. The minimum atomic E-state index is 0.894. The van der Waals surface area contributed by atoms with Crippen LogP contribution >= 0.6 is 11.3 Å². The molecule has 0 aliphatic heterocycles. The van der Waals surface area contributed by atoms with Crippen LogP contribution in [0.4, 0.5) is 17.1 Å². The highest BCUT2D eigenvalue weighted by atomic mass is 32.1. The maximum absolute atomic E-state index is 6.34. The van der Waals surface area contributed by atoms with Gasteiger partial charge in [-0.1, -0.05) is 152 Å². The predicted molar refractivity (Wildman–Crippen MR) is 235 cm³/mol. The van der Waals surface area contributed by atoms with E-state index in [9.17, 15) is 0 Å². The van der Waals surface area contributed by atoms with Gasteiger partial charge in [0, 0.05) is 42.2 Å². The van der Waals surface area contributed by atoms with Gasteiger partial charge in [-0.05, 0) is 87.1 Å². The van der Waals surface area contributed by atoms with E-state index in [4.69, 9.17) is 4.42 Å². The van der Waals surface area contributed by atoms with Gasteiger partial charge in [-0.3, -0.25) is 0 Å². The highest BCUT2D eigenvalue weighted by Crippen LogP contribution is 2.49. The average molecular weight is 720 g/mol. The van der Waals surface area contributed by atoms with Crippen LogP contribution in [0.3, 0.4) is 0 Å². The number of furan rings is 1. The fourth-order valence-electron chi connectivity index (χ4n) is 8.50. The van der Waals surface area contributed by atoms with E-state index in [1.807, 2.05) is 17.4 Å². The number of anilines is 3. The Bertz CT molecular complexity index is 3220. The van der Waals surface area contributed by atoms with E-state index < -0.39 is 0 Å². The quantitative estimate of drug-likeness (QED) is 0.170. The lowest BCUT2D eigenvalue weighted by Crippen LogP contribution is -2.12. The van der Waals surface area contributed by atoms with Crippen molar-refractivity contribution in [2.75, 3.05) is 4.90 Å². The summed E-state index contributed by atoms with van der Waals surface area (Å²) in [6, 6.07) is 72.3. The van der Waals surface area contributed by atoms with Crippen LogP contribution in [0.1, 0.15) is 0 Å². The summed E-state index contributed by atoms with van der Waals surface area (Å²) in [4.78, 5) is 2.48. The van der Waals surface area contributed by atoms with Crippen LogP contribution in [-0.4, -0.2) is 0 Å². The molecule has 0 radical (unpaired) electrons. The first-order valence-corrected chi connectivity index (χ1v) is 19.5. The van der Waals surface area contributed by atoms with Crippen molar-refractivity contribution in [3.8, 4) is 33.4 Å². The molecule has 258 valence electrons. The van der Waals surface area contributed by atoms with Gasteiger partial charge >= 0.3 is 0 Å². The van der Waals surface area contributed by atoms with Crippen LogP contribution in [0.15, 0.2) is 205 Å². The second-order valence-electron chi connectivity index (χ2n) is 14.0. The van der Waals surface area contributed by atoms with Crippen LogP contribution in [0, 0.1) is 0 Å². The molecule has 2 nitrogen and oxygen atoms in total. The molecule has 0 aliphatic rings. The van der Waals surface area contributed by atoms with Gasteiger partial charge < -0.3 is 9.32 Å². The van der Waals surface area contributed by atoms with Crippen molar-refractivity contribution in [3.05, 3.63) is 200 Å². The van der Waals surface area contributed by atoms with Gasteiger partial charge in [0.15, 0.2) is 0 Å². The van der Waals surface area contributed by atoms with E-state index in [2.05, 4.69) is 199 Å². The summed E-state index contributed by atoms with van der Waals surface area (Å²) in [6.07, 6.45) is 0. The number of hydrogen-bond donors (Lipinski definition) is 0. The van der Waals surface area contributed by atoms with E-state index in [1.165, 1.54) is 53.2 Å². The largest absolute Gasteiger partial charge is 0.456 e. The lowest BCUT2D eigenvalue weighted by molar-refractivity contribution is 0.669. The molecular formula is C52H33NOS. The number of thiophene rings is 1. The van der Waals surface area contributed by atoms with E-state index in [1.54, 1.807) is 0 Å². The summed E-state index contributed by atoms with van der Waals surface area (Å²) in [5, 5.41) is 7.25. The molecule has 0 saturated carbocycles. The van der Waals surface area contributed by atoms with Gasteiger partial charge in [-0.2, -0.15) is 0 Å². The molecule has 3 heteroatoms. The minimum Gasteiger partial charge on any atom is -0.456 e. The second-order valence-corrected chi connectivity index (χ2v) is 15.1. The summed E-state index contributed by atoms with van der Waals surface area (Å²) in [5.41, 5.74) is 12.2. The molecular weight excluding hydrogens is 687 g/mol. The highest BCUT2D eigenvalue weighted by molar-refractivity contribution is 7.26. The molecule has 0 atom stereocenters. The van der Waals surface area contributed by atoms with E-state index >= 15 is 0 Å². The molecule has 0 fully saturated rings. The Morgan fingerprint density at radius 1 is 0.364 bits per heavy atom. The Labute approximate surface area is 322 Å². The predicted octanol–water partition coefficient (Wildman–Crippen LogP) is 15.6. The maximum Gasteiger partial charge on any atom is 0.136 e. The van der Waals surface area contributed by atoms with E-state index in [0.717, 1.165) is 50.1 Å². The summed E-state index contributed by atoms with van der Waals surface area (Å²) < 4.78 is 8.89. The van der Waals surface area contributed by atoms with Gasteiger partial charge in [0.25, 0.3) is 0 Å². The van der Waals surface area contributed by atoms with Crippen LogP contribution < -0.4 is 4.90 Å². The van der Waals surface area contributed by atoms with Crippen LogP contribution in [-0.2, 0) is 0 Å². The molecule has 0 saturated heterocycles. The number of rotatable bonds is 6. The van der Waals surface area contributed by atoms with Crippen LogP contribution in [0.25, 0.3) is 86.3 Å². The van der Waals surface area contributed by atoms with E-state index in [-0.39, 0.29) is 0 Å². The van der Waals surface area contributed by atoms with Gasteiger partial charge in [0.2, 0.25) is 0 Å². The molecule has 9 aromatic carbocycles. The molecule has 55 heavy (non-hydrogen) atoms. The Hall–Kier alpha value is -6.94. The van der Waals surface area contributed by atoms with Gasteiger partial charge in [-0.25, -0.2) is 0 Å². The van der Waals surface area contributed by atoms with Crippen molar-refractivity contribution in [2.24, 2.45) is 0 Å². The number of fused-ring (bicyclic) bond motifs is 7. The molecule has 0 amide bonds. The van der Waals surface area contributed by atoms with Crippen molar-refractivity contribution in [1.29, 1.82) is 0 Å². The van der Waals surface area contributed by atoms with Crippen LogP contribution in [0.5, 0.6) is 0 Å². The zero-order chi connectivity index (χ0) is 36.3. The summed E-state index contributed by atoms with van der Waals surface area (Å²) in [5.74, 6) is 0. The second kappa shape index (κ2) is 12.9. The van der Waals surface area contributed by atoms with Crippen molar-refractivity contribution < 1.29 is 4.42 Å². The third kappa shape index (κ3) is 5.16. The molecule has 0 spiro atoms. The zero-order valence-corrected chi connectivity index (χ0v) is 30.6. The summed E-state index contributed by atoms with van der Waals surface area (Å²) in [7, 11) is 0. The first kappa shape index (κ1) is 31.6. The third-order valence-corrected chi connectivity index (χ3v) is 12.0. The molecule has 11 rings (SSSR count). The first-order chi connectivity index (χ1) is 27.3. The Morgan fingerprint density at radius 2 is 0.964 bits per heavy atom. The van der Waals surface area contributed by atoms with E-state index in [0.29, 0.717) is 0 Å². The van der Waals surface area contributed by atoms with Gasteiger partial charge in [-0.15, -0.1) is 11.3 Å². The smallest absolute Gasteiger partial charge is 0.136 e. The molecule has 0 N–H and O–H groups in total. The molecule has 0 bridgehead atoms. The number of benzene rings is 9. The number of nitrogens with zero attached hydrogens (tertiary/aromatic N) is 1. The zero-order valence-electron chi connectivity index (χ0n) is 29.8. The van der Waals surface area contributed by atoms with Crippen molar-refractivity contribution in [1.82, 2.24) is 0 Å². The molecule has 2 aromatic heterocycles. The molecule has 2 heterocycles. The Morgan fingerprint density at radius 3 is 1.85 bits per heavy atom. The first-order valence-electron chi connectivity index (χ1n) is 18.7. The van der Waals surface area contributed by atoms with Crippen LogP contribution in [0.2, 0.25) is 0 Å². The maximum atomic E-state index is 6.34. The van der Waals surface area contributed by atoms with Crippen molar-refractivity contribution in [2.45, 2.75) is 0 Å².